The molecule has 0 N–H and O–H groups in total. The third kappa shape index (κ3) is 5.40. The molecule has 0 amide bonds. The minimum Gasteiger partial charge on any atom is -0.210 e. The fourth-order valence-electron chi connectivity index (χ4n) is 0.874. The molecule has 0 heterocycles. The Labute approximate surface area is 137 Å². The van der Waals surface area contributed by atoms with Crippen molar-refractivity contribution in [3.8, 4) is 18.4 Å². The molecule has 0 aliphatic carbocycles. The van der Waals surface area contributed by atoms with Gasteiger partial charge in [-0.2, -0.15) is 5.26 Å². The fourth-order valence-corrected chi connectivity index (χ4v) is 4.37. The zero-order valence-corrected chi connectivity index (χ0v) is 14.6. The Hall–Kier alpha value is 0.470. The zero-order valence-electron chi connectivity index (χ0n) is 9.90. The maximum absolute atomic E-state index is 12.0. The quantitative estimate of drug-likeness (QED) is 0.401. The highest BCUT2D eigenvalue weighted by Crippen LogP contribution is 2.47. The highest BCUT2D eigenvalue weighted by atomic mass is 35.5. The molecule has 0 fully saturated rings. The van der Waals surface area contributed by atoms with Crippen LogP contribution in [0.5, 0.6) is 0 Å². The van der Waals surface area contributed by atoms with E-state index < -0.39 is 29.8 Å². The van der Waals surface area contributed by atoms with E-state index >= 15 is 0 Å². The van der Waals surface area contributed by atoms with Gasteiger partial charge < -0.3 is 0 Å². The topological polar surface area (TPSA) is 61.2 Å². The maximum atomic E-state index is 12.0. The van der Waals surface area contributed by atoms with Crippen LogP contribution in [0.25, 0.3) is 0 Å². The largest absolute Gasteiger partial charge is 0.236 e. The third-order valence-corrected chi connectivity index (χ3v) is 7.42. The Morgan fingerprint density at radius 2 is 1.89 bits per heavy atom. The number of rotatable bonds is 6. The standard InChI is InChI=1S/C9H10Cl4N2O2S2/c1-4-5-19(16,17)15(8(2,3)6-14)18-9(12,13)7(10)11/h1,7H,5H2,2-3H3. The molecule has 0 aromatic heterocycles. The lowest BCUT2D eigenvalue weighted by Crippen LogP contribution is -2.45. The molecule has 19 heavy (non-hydrogen) atoms. The van der Waals surface area contributed by atoms with Gasteiger partial charge in [0.15, 0.2) is 4.84 Å². The number of hydrogen-bond acceptors (Lipinski definition) is 4. The molecule has 0 rings (SSSR count). The molecule has 0 saturated heterocycles. The maximum Gasteiger partial charge on any atom is 0.236 e. The van der Waals surface area contributed by atoms with Crippen molar-refractivity contribution in [3.63, 3.8) is 0 Å². The van der Waals surface area contributed by atoms with Crippen molar-refractivity contribution < 1.29 is 8.42 Å². The van der Waals surface area contributed by atoms with Gasteiger partial charge in [0, 0.05) is 0 Å². The molecule has 0 radical (unpaired) electrons. The molecule has 10 heteroatoms. The van der Waals surface area contributed by atoms with Crippen LogP contribution in [0.3, 0.4) is 0 Å². The number of nitrogens with zero attached hydrogens (tertiary/aromatic N) is 2. The van der Waals surface area contributed by atoms with E-state index in [2.05, 4.69) is 0 Å². The Bertz CT molecular complexity index is 505. The van der Waals surface area contributed by atoms with Gasteiger partial charge in [-0.15, -0.1) is 33.3 Å². The van der Waals surface area contributed by atoms with Gasteiger partial charge in [0.05, 0.1) is 6.07 Å². The summed E-state index contributed by atoms with van der Waals surface area (Å²) in [5.74, 6) is 1.39. The normalized spacial score (nSPS) is 13.4. The first-order valence-corrected chi connectivity index (χ1v) is 8.65. The minimum absolute atomic E-state index is 0.428. The second kappa shape index (κ2) is 6.95. The van der Waals surface area contributed by atoms with Crippen molar-refractivity contribution in [3.05, 3.63) is 0 Å². The first-order valence-electron chi connectivity index (χ1n) is 4.63. The minimum atomic E-state index is -3.96. The van der Waals surface area contributed by atoms with Gasteiger partial charge in [0.25, 0.3) is 0 Å². The highest BCUT2D eigenvalue weighted by molar-refractivity contribution is 8.11. The van der Waals surface area contributed by atoms with Crippen LogP contribution in [0, 0.1) is 23.7 Å². The van der Waals surface area contributed by atoms with Gasteiger partial charge in [-0.25, -0.2) is 8.42 Å². The summed E-state index contributed by atoms with van der Waals surface area (Å²) in [6.45, 7) is 2.74. The monoisotopic (exact) mass is 382 g/mol. The van der Waals surface area contributed by atoms with Crippen molar-refractivity contribution in [1.29, 1.82) is 5.26 Å². The van der Waals surface area contributed by atoms with E-state index in [0.29, 0.717) is 11.9 Å². The lowest BCUT2D eigenvalue weighted by Gasteiger charge is -2.34. The molecule has 0 bridgehead atoms. The van der Waals surface area contributed by atoms with Crippen LogP contribution in [0.15, 0.2) is 0 Å². The third-order valence-electron chi connectivity index (χ3n) is 1.71. The molecule has 0 aromatic rings. The van der Waals surface area contributed by atoms with E-state index in [1.807, 2.05) is 12.0 Å². The van der Waals surface area contributed by atoms with Crippen LogP contribution in [-0.4, -0.2) is 31.9 Å². The smallest absolute Gasteiger partial charge is 0.210 e. The Morgan fingerprint density at radius 1 is 1.42 bits per heavy atom. The molecule has 0 aliphatic heterocycles. The first-order chi connectivity index (χ1) is 8.40. The molecular formula is C9H10Cl4N2O2S2. The summed E-state index contributed by atoms with van der Waals surface area (Å²) in [4.78, 5) is -1.28. The van der Waals surface area contributed by atoms with E-state index in [1.54, 1.807) is 0 Å². The summed E-state index contributed by atoms with van der Waals surface area (Å²) < 4.78 is 23.0. The molecular weight excluding hydrogens is 374 g/mol. The summed E-state index contributed by atoms with van der Waals surface area (Å²) in [5, 5.41) is 9.06. The average Bonchev–Trinajstić information content (AvgIpc) is 2.25. The second-order valence-electron chi connectivity index (χ2n) is 3.81. The number of nitriles is 1. The summed E-state index contributed by atoms with van der Waals surface area (Å²) in [6.07, 6.45) is 4.99. The van der Waals surface area contributed by atoms with Crippen molar-refractivity contribution in [2.45, 2.75) is 27.9 Å². The van der Waals surface area contributed by atoms with E-state index in [9.17, 15) is 8.42 Å². The van der Waals surface area contributed by atoms with Crippen molar-refractivity contribution in [2.75, 3.05) is 5.75 Å². The van der Waals surface area contributed by atoms with Crippen LogP contribution in [0.1, 0.15) is 13.8 Å². The van der Waals surface area contributed by atoms with E-state index in [1.165, 1.54) is 13.8 Å². The van der Waals surface area contributed by atoms with Crippen LogP contribution in [-0.2, 0) is 10.0 Å². The predicted molar refractivity (Wildman–Crippen MR) is 81.7 cm³/mol. The summed E-state index contributed by atoms with van der Waals surface area (Å²) in [5.41, 5.74) is -1.43. The molecule has 0 atom stereocenters. The average molecular weight is 384 g/mol. The zero-order chi connectivity index (χ0) is 15.5. The Morgan fingerprint density at radius 3 is 2.21 bits per heavy atom. The van der Waals surface area contributed by atoms with Crippen LogP contribution in [0.4, 0.5) is 0 Å². The molecule has 0 saturated carbocycles. The molecule has 108 valence electrons. The fraction of sp³-hybridized carbons (Fsp3) is 0.667. The number of alkyl halides is 4. The number of terminal acetylenes is 1. The number of hydrogen-bond donors (Lipinski definition) is 0. The van der Waals surface area contributed by atoms with Gasteiger partial charge in [0.1, 0.15) is 11.3 Å². The van der Waals surface area contributed by atoms with Crippen molar-refractivity contribution in [1.82, 2.24) is 3.71 Å². The van der Waals surface area contributed by atoms with Crippen LogP contribution >= 0.6 is 58.4 Å². The van der Waals surface area contributed by atoms with E-state index in [0.717, 1.165) is 3.71 Å². The predicted octanol–water partition coefficient (Wildman–Crippen LogP) is 3.14. The van der Waals surface area contributed by atoms with Crippen molar-refractivity contribution in [2.24, 2.45) is 0 Å². The van der Waals surface area contributed by atoms with E-state index in [4.69, 9.17) is 58.1 Å². The number of sulfonamides is 1. The molecule has 0 aromatic carbocycles. The molecule has 0 aliphatic rings. The first kappa shape index (κ1) is 19.5. The van der Waals surface area contributed by atoms with Gasteiger partial charge in [-0.3, -0.25) is 0 Å². The SMILES string of the molecule is C#CCS(=O)(=O)N(SC(Cl)(Cl)C(Cl)Cl)C(C)(C)C#N. The van der Waals surface area contributed by atoms with E-state index in [-0.39, 0.29) is 0 Å². The summed E-state index contributed by atoms with van der Waals surface area (Å²) >= 11 is 23.2. The van der Waals surface area contributed by atoms with Crippen LogP contribution in [0.2, 0.25) is 0 Å². The van der Waals surface area contributed by atoms with Gasteiger partial charge >= 0.3 is 0 Å². The Balaban J connectivity index is 5.62. The second-order valence-corrected chi connectivity index (χ2v) is 9.98. The highest BCUT2D eigenvalue weighted by Gasteiger charge is 2.45. The molecule has 0 spiro atoms. The Kier molecular flexibility index (Phi) is 7.13. The van der Waals surface area contributed by atoms with Crippen LogP contribution < -0.4 is 0 Å². The summed E-state index contributed by atoms with van der Waals surface area (Å²) in [6, 6.07) is 1.82. The molecule has 0 unspecified atom stereocenters. The number of halogens is 4. The van der Waals surface area contributed by atoms with Gasteiger partial charge in [-0.05, 0) is 25.8 Å². The molecule has 4 nitrogen and oxygen atoms in total. The van der Waals surface area contributed by atoms with Gasteiger partial charge in [-0.1, -0.05) is 29.1 Å². The lowest BCUT2D eigenvalue weighted by atomic mass is 10.1. The lowest BCUT2D eigenvalue weighted by molar-refractivity contribution is 0.431. The van der Waals surface area contributed by atoms with Crippen molar-refractivity contribution >= 4 is 68.4 Å². The van der Waals surface area contributed by atoms with Gasteiger partial charge in [0.2, 0.25) is 13.7 Å². The summed E-state index contributed by atoms with van der Waals surface area (Å²) in [7, 11) is -3.96.